The highest BCUT2D eigenvalue weighted by molar-refractivity contribution is 7.13. The number of aromatic nitrogens is 5. The number of benzene rings is 1. The molecule has 0 saturated heterocycles. The van der Waals surface area contributed by atoms with Gasteiger partial charge >= 0.3 is 0 Å². The number of halogens is 2. The maximum atomic E-state index is 14.0. The summed E-state index contributed by atoms with van der Waals surface area (Å²) >= 11 is 1.25. The van der Waals surface area contributed by atoms with Crippen molar-refractivity contribution in [2.75, 3.05) is 5.32 Å². The zero-order valence-electron chi connectivity index (χ0n) is 15.1. The fourth-order valence-corrected chi connectivity index (χ4v) is 3.39. The molecule has 1 N–H and O–H groups in total. The predicted molar refractivity (Wildman–Crippen MR) is 104 cm³/mol. The molecule has 10 heteroatoms. The number of aryl methyl sites for hydroxylation is 1. The minimum Gasteiger partial charge on any atom is -0.305 e. The van der Waals surface area contributed by atoms with Crippen molar-refractivity contribution in [3.05, 3.63) is 76.7 Å². The molecule has 0 spiro atoms. The van der Waals surface area contributed by atoms with Crippen molar-refractivity contribution >= 4 is 23.1 Å². The zero-order chi connectivity index (χ0) is 20.4. The number of anilines is 1. The van der Waals surface area contributed by atoms with Crippen LogP contribution in [0.3, 0.4) is 0 Å². The first kappa shape index (κ1) is 18.8. The Morgan fingerprint density at radius 1 is 1.24 bits per heavy atom. The van der Waals surface area contributed by atoms with E-state index in [9.17, 15) is 13.6 Å². The van der Waals surface area contributed by atoms with Gasteiger partial charge in [-0.15, -0.1) is 11.3 Å². The molecule has 3 heterocycles. The molecular formula is C19H14F2N6OS. The third-order valence-corrected chi connectivity index (χ3v) is 4.91. The highest BCUT2D eigenvalue weighted by Crippen LogP contribution is 2.22. The minimum absolute atomic E-state index is 0.0345. The van der Waals surface area contributed by atoms with Crippen molar-refractivity contribution in [1.82, 2.24) is 24.7 Å². The van der Waals surface area contributed by atoms with Crippen LogP contribution in [0.25, 0.3) is 10.8 Å². The summed E-state index contributed by atoms with van der Waals surface area (Å²) in [5.74, 6) is -0.741. The molecule has 1 aromatic carbocycles. The van der Waals surface area contributed by atoms with Gasteiger partial charge in [-0.1, -0.05) is 0 Å². The smallest absolute Gasteiger partial charge is 0.276 e. The Morgan fingerprint density at radius 3 is 2.83 bits per heavy atom. The van der Waals surface area contributed by atoms with E-state index in [0.29, 0.717) is 22.2 Å². The van der Waals surface area contributed by atoms with E-state index in [1.165, 1.54) is 22.2 Å². The number of hydrogen-bond donors (Lipinski definition) is 1. The fraction of sp³-hybridized carbons (Fsp3) is 0.105. The van der Waals surface area contributed by atoms with Crippen molar-refractivity contribution in [2.24, 2.45) is 0 Å². The van der Waals surface area contributed by atoms with E-state index in [2.05, 4.69) is 25.4 Å². The summed E-state index contributed by atoms with van der Waals surface area (Å²) < 4.78 is 28.8. The van der Waals surface area contributed by atoms with Crippen LogP contribution in [-0.4, -0.2) is 30.6 Å². The van der Waals surface area contributed by atoms with Crippen LogP contribution < -0.4 is 5.32 Å². The van der Waals surface area contributed by atoms with Crippen molar-refractivity contribution in [2.45, 2.75) is 13.5 Å². The number of carbonyl (C=O) groups is 1. The van der Waals surface area contributed by atoms with Gasteiger partial charge in [-0.2, -0.15) is 5.10 Å². The minimum atomic E-state index is -0.552. The molecule has 0 fully saturated rings. The molecule has 0 unspecified atom stereocenters. The van der Waals surface area contributed by atoms with Crippen molar-refractivity contribution in [3.8, 4) is 10.8 Å². The Balaban J connectivity index is 1.56. The average Bonchev–Trinajstić information content (AvgIpc) is 3.34. The maximum Gasteiger partial charge on any atom is 0.276 e. The molecule has 1 amide bonds. The topological polar surface area (TPSA) is 85.6 Å². The van der Waals surface area contributed by atoms with Crippen LogP contribution in [0.1, 0.15) is 21.6 Å². The SMILES string of the molecule is Cc1cnn(Cc2cc(F)ccc2F)c1NC(=O)c1csc(-c2ncccn2)n1. The number of rotatable bonds is 5. The van der Waals surface area contributed by atoms with Crippen molar-refractivity contribution in [1.29, 1.82) is 0 Å². The van der Waals surface area contributed by atoms with Crippen LogP contribution >= 0.6 is 11.3 Å². The standard InChI is InChI=1S/C19H14F2N6OS/c1-11-8-24-27(9-12-7-13(20)3-4-14(12)21)17(11)26-18(28)15-10-29-19(25-15)16-22-5-2-6-23-16/h2-8,10H,9H2,1H3,(H,26,28). The molecule has 4 rings (SSSR count). The first-order chi connectivity index (χ1) is 14.0. The molecule has 0 aliphatic carbocycles. The predicted octanol–water partition coefficient (Wildman–Crippen LogP) is 3.68. The van der Waals surface area contributed by atoms with Gasteiger partial charge in [0.25, 0.3) is 5.91 Å². The van der Waals surface area contributed by atoms with Gasteiger partial charge in [0.2, 0.25) is 0 Å². The Kier molecular flexibility index (Phi) is 5.09. The summed E-state index contributed by atoms with van der Waals surface area (Å²) in [6.07, 6.45) is 4.73. The van der Waals surface area contributed by atoms with Crippen LogP contribution in [-0.2, 0) is 6.54 Å². The van der Waals surface area contributed by atoms with E-state index in [1.807, 2.05) is 0 Å². The quantitative estimate of drug-likeness (QED) is 0.540. The highest BCUT2D eigenvalue weighted by Gasteiger charge is 2.17. The lowest BCUT2D eigenvalue weighted by Gasteiger charge is -2.10. The highest BCUT2D eigenvalue weighted by atomic mass is 32.1. The Labute approximate surface area is 168 Å². The second kappa shape index (κ2) is 7.84. The molecule has 0 radical (unpaired) electrons. The molecule has 0 saturated carbocycles. The Bertz CT molecular complexity index is 1170. The number of nitrogens with one attached hydrogen (secondary N) is 1. The third kappa shape index (κ3) is 4.02. The largest absolute Gasteiger partial charge is 0.305 e. The van der Waals surface area contributed by atoms with Crippen molar-refractivity contribution < 1.29 is 13.6 Å². The van der Waals surface area contributed by atoms with Gasteiger partial charge in [-0.3, -0.25) is 4.79 Å². The second-order valence-corrected chi connectivity index (χ2v) is 6.99. The van der Waals surface area contributed by atoms with E-state index in [1.54, 1.807) is 30.8 Å². The Hall–Kier alpha value is -3.53. The van der Waals surface area contributed by atoms with Gasteiger partial charge in [-0.05, 0) is 31.2 Å². The lowest BCUT2D eigenvalue weighted by Crippen LogP contribution is -2.17. The molecule has 4 aromatic rings. The van der Waals surface area contributed by atoms with Crippen molar-refractivity contribution in [3.63, 3.8) is 0 Å². The molecule has 0 bridgehead atoms. The van der Waals surface area contributed by atoms with E-state index in [-0.39, 0.29) is 17.8 Å². The normalized spacial score (nSPS) is 10.9. The van der Waals surface area contributed by atoms with Crippen LogP contribution in [0.2, 0.25) is 0 Å². The van der Waals surface area contributed by atoms with Gasteiger partial charge in [-0.25, -0.2) is 28.4 Å². The summed E-state index contributed by atoms with van der Waals surface area (Å²) in [7, 11) is 0. The Morgan fingerprint density at radius 2 is 2.03 bits per heavy atom. The second-order valence-electron chi connectivity index (χ2n) is 6.13. The molecule has 146 valence electrons. The van der Waals surface area contributed by atoms with Crippen LogP contribution in [0.15, 0.2) is 48.2 Å². The number of thiazole rings is 1. The van der Waals surface area contributed by atoms with Crippen LogP contribution in [0, 0.1) is 18.6 Å². The average molecular weight is 412 g/mol. The summed E-state index contributed by atoms with van der Waals surface area (Å²) in [5, 5.41) is 9.02. The number of nitrogens with zero attached hydrogens (tertiary/aromatic N) is 5. The first-order valence-electron chi connectivity index (χ1n) is 8.52. The molecule has 3 aromatic heterocycles. The summed E-state index contributed by atoms with van der Waals surface area (Å²) in [6.45, 7) is 1.72. The van der Waals surface area contributed by atoms with Gasteiger partial charge in [0.15, 0.2) is 10.8 Å². The van der Waals surface area contributed by atoms with Crippen LogP contribution in [0.4, 0.5) is 14.6 Å². The lowest BCUT2D eigenvalue weighted by molar-refractivity contribution is 0.102. The number of hydrogen-bond acceptors (Lipinski definition) is 6. The van der Waals surface area contributed by atoms with E-state index in [0.717, 1.165) is 18.2 Å². The first-order valence-corrected chi connectivity index (χ1v) is 9.40. The number of amides is 1. The van der Waals surface area contributed by atoms with Gasteiger partial charge < -0.3 is 5.32 Å². The maximum absolute atomic E-state index is 14.0. The van der Waals surface area contributed by atoms with E-state index >= 15 is 0 Å². The summed E-state index contributed by atoms with van der Waals surface area (Å²) in [6, 6.07) is 4.90. The molecule has 0 aliphatic heterocycles. The summed E-state index contributed by atoms with van der Waals surface area (Å²) in [5.41, 5.74) is 0.999. The van der Waals surface area contributed by atoms with Gasteiger partial charge in [0.05, 0.1) is 12.7 Å². The van der Waals surface area contributed by atoms with E-state index < -0.39 is 17.5 Å². The summed E-state index contributed by atoms with van der Waals surface area (Å²) in [4.78, 5) is 25.1. The molecule has 0 aliphatic rings. The zero-order valence-corrected chi connectivity index (χ0v) is 16.0. The molecule has 7 nitrogen and oxygen atoms in total. The molecule has 0 atom stereocenters. The van der Waals surface area contributed by atoms with E-state index in [4.69, 9.17) is 0 Å². The van der Waals surface area contributed by atoms with Crippen LogP contribution in [0.5, 0.6) is 0 Å². The molecule has 29 heavy (non-hydrogen) atoms. The van der Waals surface area contributed by atoms with Gasteiger partial charge in [0, 0.05) is 28.9 Å². The fourth-order valence-electron chi connectivity index (χ4n) is 2.65. The lowest BCUT2D eigenvalue weighted by atomic mass is 10.2. The monoisotopic (exact) mass is 412 g/mol. The number of carbonyl (C=O) groups excluding carboxylic acids is 1. The van der Waals surface area contributed by atoms with Gasteiger partial charge in [0.1, 0.15) is 23.1 Å². The third-order valence-electron chi connectivity index (χ3n) is 4.08. The molecular weight excluding hydrogens is 398 g/mol.